The van der Waals surface area contributed by atoms with Crippen LogP contribution in [0.4, 0.5) is 0 Å². The van der Waals surface area contributed by atoms with Gasteiger partial charge in [-0.1, -0.05) is 18.2 Å². The van der Waals surface area contributed by atoms with Gasteiger partial charge in [0.05, 0.1) is 0 Å². The van der Waals surface area contributed by atoms with Crippen LogP contribution in [0.15, 0.2) is 24.8 Å². The molecule has 0 aliphatic heterocycles. The summed E-state index contributed by atoms with van der Waals surface area (Å²) >= 11 is 0. The highest BCUT2D eigenvalue weighted by Crippen LogP contribution is 1.66. The molecule has 0 saturated heterocycles. The van der Waals surface area contributed by atoms with Gasteiger partial charge in [0.2, 0.25) is 0 Å². The van der Waals surface area contributed by atoms with Gasteiger partial charge >= 0.3 is 0 Å². The predicted molar refractivity (Wildman–Crippen MR) is 37.9 cm³/mol. The molecule has 1 nitrogen and oxygen atoms in total. The first-order chi connectivity index (χ1) is 3.91. The maximum atomic E-state index is 3.57. The van der Waals surface area contributed by atoms with Gasteiger partial charge in [0, 0.05) is 13.1 Å². The summed E-state index contributed by atoms with van der Waals surface area (Å²) in [7, 11) is 0. The van der Waals surface area contributed by atoms with Gasteiger partial charge in [-0.2, -0.15) is 0 Å². The Morgan fingerprint density at radius 2 is 2.25 bits per heavy atom. The van der Waals surface area contributed by atoms with Crippen molar-refractivity contribution in [1.82, 2.24) is 5.32 Å². The highest BCUT2D eigenvalue weighted by atomic mass is 14.8. The zero-order valence-electron chi connectivity index (χ0n) is 5.35. The van der Waals surface area contributed by atoms with Gasteiger partial charge in [-0.25, -0.2) is 0 Å². The molecule has 0 spiro atoms. The molecule has 0 bridgehead atoms. The molecule has 0 aromatic heterocycles. The number of hydrogen-bond donors (Lipinski definition) is 1. The molecule has 1 heteroatoms. The molecule has 0 saturated carbocycles. The summed E-state index contributed by atoms with van der Waals surface area (Å²) in [4.78, 5) is 0. The number of allylic oxidation sites excluding steroid dienone is 1. The van der Waals surface area contributed by atoms with E-state index in [1.807, 2.05) is 19.1 Å². The summed E-state index contributed by atoms with van der Waals surface area (Å²) in [5.41, 5.74) is 0. The zero-order valence-corrected chi connectivity index (χ0v) is 5.35. The third-order valence-corrected chi connectivity index (χ3v) is 0.787. The zero-order chi connectivity index (χ0) is 6.24. The lowest BCUT2D eigenvalue weighted by Crippen LogP contribution is -2.12. The molecule has 0 rings (SSSR count). The van der Waals surface area contributed by atoms with Crippen molar-refractivity contribution in [3.05, 3.63) is 24.8 Å². The number of nitrogens with one attached hydrogen (secondary N) is 1. The van der Waals surface area contributed by atoms with Crippen molar-refractivity contribution >= 4 is 0 Å². The van der Waals surface area contributed by atoms with Crippen LogP contribution < -0.4 is 5.32 Å². The van der Waals surface area contributed by atoms with Crippen LogP contribution in [0.3, 0.4) is 0 Å². The molecule has 0 aliphatic rings. The van der Waals surface area contributed by atoms with E-state index >= 15 is 0 Å². The van der Waals surface area contributed by atoms with E-state index in [0.717, 1.165) is 13.1 Å². The fraction of sp³-hybridized carbons (Fsp3) is 0.429. The quantitative estimate of drug-likeness (QED) is 0.426. The number of hydrogen-bond acceptors (Lipinski definition) is 1. The van der Waals surface area contributed by atoms with E-state index in [1.165, 1.54) is 0 Å². The highest BCUT2D eigenvalue weighted by molar-refractivity contribution is 4.81. The normalized spacial score (nSPS) is 10.1. The average Bonchev–Trinajstić information content (AvgIpc) is 1.81. The molecular weight excluding hydrogens is 98.1 g/mol. The van der Waals surface area contributed by atoms with E-state index in [-0.39, 0.29) is 0 Å². The average molecular weight is 111 g/mol. The second-order valence-electron chi connectivity index (χ2n) is 1.52. The van der Waals surface area contributed by atoms with Gasteiger partial charge in [0.1, 0.15) is 0 Å². The van der Waals surface area contributed by atoms with Crippen LogP contribution in [-0.2, 0) is 0 Å². The minimum atomic E-state index is 0.893. The Kier molecular flexibility index (Phi) is 5.99. The van der Waals surface area contributed by atoms with Gasteiger partial charge in [-0.15, -0.1) is 6.58 Å². The van der Waals surface area contributed by atoms with E-state index < -0.39 is 0 Å². The Morgan fingerprint density at radius 3 is 2.75 bits per heavy atom. The fourth-order valence-electron chi connectivity index (χ4n) is 0.387. The molecular formula is C7H13N. The first-order valence-corrected chi connectivity index (χ1v) is 2.84. The molecule has 0 radical (unpaired) electrons. The Balaban J connectivity index is 2.82. The van der Waals surface area contributed by atoms with Crippen molar-refractivity contribution in [3.63, 3.8) is 0 Å². The van der Waals surface area contributed by atoms with E-state index in [9.17, 15) is 0 Å². The summed E-state index contributed by atoms with van der Waals surface area (Å²) in [6.07, 6.45) is 5.95. The SMILES string of the molecule is C=CCNC/C=C\C. The monoisotopic (exact) mass is 111 g/mol. The highest BCUT2D eigenvalue weighted by Gasteiger charge is 1.71. The van der Waals surface area contributed by atoms with Crippen LogP contribution in [-0.4, -0.2) is 13.1 Å². The molecule has 0 aromatic carbocycles. The third-order valence-electron chi connectivity index (χ3n) is 0.787. The fourth-order valence-corrected chi connectivity index (χ4v) is 0.387. The van der Waals surface area contributed by atoms with E-state index in [0.29, 0.717) is 0 Å². The smallest absolute Gasteiger partial charge is 0.0137 e. The first kappa shape index (κ1) is 7.44. The van der Waals surface area contributed by atoms with Gasteiger partial charge in [-0.05, 0) is 6.92 Å². The van der Waals surface area contributed by atoms with Crippen molar-refractivity contribution < 1.29 is 0 Å². The largest absolute Gasteiger partial charge is 0.310 e. The number of rotatable bonds is 4. The molecule has 46 valence electrons. The van der Waals surface area contributed by atoms with Crippen molar-refractivity contribution in [2.75, 3.05) is 13.1 Å². The topological polar surface area (TPSA) is 12.0 Å². The van der Waals surface area contributed by atoms with Crippen LogP contribution in [0, 0.1) is 0 Å². The van der Waals surface area contributed by atoms with Crippen molar-refractivity contribution in [1.29, 1.82) is 0 Å². The Labute approximate surface area is 51.1 Å². The molecule has 0 unspecified atom stereocenters. The second kappa shape index (κ2) is 6.44. The summed E-state index contributed by atoms with van der Waals surface area (Å²) in [6.45, 7) is 7.42. The minimum Gasteiger partial charge on any atom is -0.310 e. The van der Waals surface area contributed by atoms with Crippen molar-refractivity contribution in [2.45, 2.75) is 6.92 Å². The van der Waals surface area contributed by atoms with Crippen LogP contribution >= 0.6 is 0 Å². The standard InChI is InChI=1S/C7H13N/c1-3-5-7-8-6-4-2/h3-5,8H,2,6-7H2,1H3/b5-3-. The Bertz CT molecular complexity index is 74.5. The lowest BCUT2D eigenvalue weighted by Gasteiger charge is -1.91. The molecule has 8 heavy (non-hydrogen) atoms. The van der Waals surface area contributed by atoms with Crippen LogP contribution in [0.5, 0.6) is 0 Å². The Hall–Kier alpha value is -0.560. The lowest BCUT2D eigenvalue weighted by molar-refractivity contribution is 0.843. The van der Waals surface area contributed by atoms with Gasteiger partial charge < -0.3 is 5.32 Å². The van der Waals surface area contributed by atoms with Crippen molar-refractivity contribution in [3.8, 4) is 0 Å². The van der Waals surface area contributed by atoms with Crippen LogP contribution in [0.1, 0.15) is 6.92 Å². The minimum absolute atomic E-state index is 0.893. The van der Waals surface area contributed by atoms with Crippen LogP contribution in [0.2, 0.25) is 0 Å². The molecule has 0 aromatic rings. The molecule has 0 heterocycles. The van der Waals surface area contributed by atoms with E-state index in [4.69, 9.17) is 0 Å². The second-order valence-corrected chi connectivity index (χ2v) is 1.52. The van der Waals surface area contributed by atoms with Gasteiger partial charge in [0.15, 0.2) is 0 Å². The van der Waals surface area contributed by atoms with Crippen LogP contribution in [0.25, 0.3) is 0 Å². The summed E-state index contributed by atoms with van der Waals surface area (Å²) in [5, 5.41) is 3.13. The van der Waals surface area contributed by atoms with Crippen molar-refractivity contribution in [2.24, 2.45) is 0 Å². The molecule has 0 amide bonds. The molecule has 1 N–H and O–H groups in total. The lowest BCUT2D eigenvalue weighted by atomic mass is 10.5. The summed E-state index contributed by atoms with van der Waals surface area (Å²) in [5.74, 6) is 0. The first-order valence-electron chi connectivity index (χ1n) is 2.84. The predicted octanol–water partition coefficient (Wildman–Crippen LogP) is 1.34. The van der Waals surface area contributed by atoms with E-state index in [2.05, 4.69) is 18.0 Å². The van der Waals surface area contributed by atoms with E-state index in [1.54, 1.807) is 0 Å². The van der Waals surface area contributed by atoms with Gasteiger partial charge in [0.25, 0.3) is 0 Å². The Morgan fingerprint density at radius 1 is 1.50 bits per heavy atom. The maximum Gasteiger partial charge on any atom is 0.0137 e. The third kappa shape index (κ3) is 5.44. The maximum absolute atomic E-state index is 3.57. The molecule has 0 fully saturated rings. The molecule has 0 atom stereocenters. The summed E-state index contributed by atoms with van der Waals surface area (Å²) in [6, 6.07) is 0. The molecule has 0 aliphatic carbocycles. The summed E-state index contributed by atoms with van der Waals surface area (Å²) < 4.78 is 0. The van der Waals surface area contributed by atoms with Gasteiger partial charge in [-0.3, -0.25) is 0 Å².